The molecular formula is C11H14BrN5O. The molecule has 18 heavy (non-hydrogen) atoms. The van der Waals surface area contributed by atoms with Gasteiger partial charge in [0.2, 0.25) is 0 Å². The Balaban J connectivity index is 2.06. The molecule has 1 N–H and O–H groups in total. The van der Waals surface area contributed by atoms with E-state index >= 15 is 0 Å². The Kier molecular flexibility index (Phi) is 3.81. The summed E-state index contributed by atoms with van der Waals surface area (Å²) in [4.78, 5) is 12.0. The van der Waals surface area contributed by atoms with Crippen molar-refractivity contribution in [2.45, 2.75) is 20.0 Å². The lowest BCUT2D eigenvalue weighted by molar-refractivity contribution is 0.0940. The first-order valence-electron chi connectivity index (χ1n) is 5.58. The standard InChI is InChI=1S/C11H14BrN5O/c1-3-17-6-8(12)4-9(17)11(18)13-5-10-15-14-7-16(10)2/h4,6-7H,3,5H2,1-2H3,(H,13,18). The molecule has 0 fully saturated rings. The van der Waals surface area contributed by atoms with Crippen molar-refractivity contribution in [3.63, 3.8) is 0 Å². The monoisotopic (exact) mass is 311 g/mol. The normalized spacial score (nSPS) is 10.6. The molecule has 0 aliphatic carbocycles. The first kappa shape index (κ1) is 12.8. The lowest BCUT2D eigenvalue weighted by atomic mass is 10.4. The van der Waals surface area contributed by atoms with Crippen LogP contribution in [0.4, 0.5) is 0 Å². The van der Waals surface area contributed by atoms with Crippen LogP contribution in [0.3, 0.4) is 0 Å². The van der Waals surface area contributed by atoms with Gasteiger partial charge in [-0.2, -0.15) is 0 Å². The zero-order chi connectivity index (χ0) is 13.1. The number of nitrogens with zero attached hydrogens (tertiary/aromatic N) is 4. The number of rotatable bonds is 4. The summed E-state index contributed by atoms with van der Waals surface area (Å²) in [5, 5.41) is 10.5. The molecule has 0 aromatic carbocycles. The van der Waals surface area contributed by atoms with Gasteiger partial charge in [-0.05, 0) is 28.9 Å². The number of halogens is 1. The van der Waals surface area contributed by atoms with Gasteiger partial charge in [0.05, 0.1) is 6.54 Å². The van der Waals surface area contributed by atoms with E-state index in [0.717, 1.165) is 16.8 Å². The molecule has 0 bridgehead atoms. The van der Waals surface area contributed by atoms with Crippen LogP contribution in [0.2, 0.25) is 0 Å². The Morgan fingerprint density at radius 2 is 2.33 bits per heavy atom. The Morgan fingerprint density at radius 1 is 1.56 bits per heavy atom. The van der Waals surface area contributed by atoms with Gasteiger partial charge < -0.3 is 14.5 Å². The van der Waals surface area contributed by atoms with Crippen LogP contribution in [0.15, 0.2) is 23.1 Å². The SMILES string of the molecule is CCn1cc(Br)cc1C(=O)NCc1nncn1C. The Bertz CT molecular complexity index is 560. The third-order valence-electron chi connectivity index (χ3n) is 2.65. The lowest BCUT2D eigenvalue weighted by Crippen LogP contribution is -2.26. The van der Waals surface area contributed by atoms with Crippen molar-refractivity contribution in [3.05, 3.63) is 34.6 Å². The van der Waals surface area contributed by atoms with Gasteiger partial charge in [0.15, 0.2) is 5.82 Å². The molecule has 1 amide bonds. The van der Waals surface area contributed by atoms with Gasteiger partial charge in [-0.25, -0.2) is 0 Å². The highest BCUT2D eigenvalue weighted by molar-refractivity contribution is 9.10. The summed E-state index contributed by atoms with van der Waals surface area (Å²) in [7, 11) is 1.84. The summed E-state index contributed by atoms with van der Waals surface area (Å²) >= 11 is 3.37. The van der Waals surface area contributed by atoms with E-state index in [4.69, 9.17) is 0 Å². The molecule has 0 saturated heterocycles. The lowest BCUT2D eigenvalue weighted by Gasteiger charge is -2.07. The van der Waals surface area contributed by atoms with Gasteiger partial charge in [-0.3, -0.25) is 4.79 Å². The van der Waals surface area contributed by atoms with Gasteiger partial charge in [0.25, 0.3) is 5.91 Å². The molecule has 0 radical (unpaired) electrons. The van der Waals surface area contributed by atoms with E-state index < -0.39 is 0 Å². The van der Waals surface area contributed by atoms with E-state index in [-0.39, 0.29) is 5.91 Å². The fourth-order valence-electron chi connectivity index (χ4n) is 1.64. The van der Waals surface area contributed by atoms with Gasteiger partial charge in [0, 0.05) is 24.3 Å². The number of carbonyl (C=O) groups excluding carboxylic acids is 1. The molecule has 6 nitrogen and oxygen atoms in total. The van der Waals surface area contributed by atoms with Crippen LogP contribution < -0.4 is 5.32 Å². The number of hydrogen-bond acceptors (Lipinski definition) is 3. The predicted octanol–water partition coefficient (Wildman–Crippen LogP) is 1.33. The van der Waals surface area contributed by atoms with Crippen molar-refractivity contribution in [2.24, 2.45) is 7.05 Å². The van der Waals surface area contributed by atoms with Crippen molar-refractivity contribution in [1.82, 2.24) is 24.6 Å². The quantitative estimate of drug-likeness (QED) is 0.926. The molecule has 2 rings (SSSR count). The molecule has 2 aromatic heterocycles. The highest BCUT2D eigenvalue weighted by atomic mass is 79.9. The molecule has 0 saturated carbocycles. The summed E-state index contributed by atoms with van der Waals surface area (Å²) in [6, 6.07) is 1.80. The van der Waals surface area contributed by atoms with Gasteiger partial charge in [0.1, 0.15) is 12.0 Å². The molecule has 0 atom stereocenters. The predicted molar refractivity (Wildman–Crippen MR) is 70.0 cm³/mol. The molecule has 7 heteroatoms. The van der Waals surface area contributed by atoms with E-state index in [1.165, 1.54) is 0 Å². The Labute approximate surface area is 113 Å². The second-order valence-electron chi connectivity index (χ2n) is 3.87. The van der Waals surface area contributed by atoms with E-state index in [9.17, 15) is 4.79 Å². The molecular weight excluding hydrogens is 298 g/mol. The summed E-state index contributed by atoms with van der Waals surface area (Å²) in [5.74, 6) is 0.600. The smallest absolute Gasteiger partial charge is 0.268 e. The van der Waals surface area contributed by atoms with Crippen molar-refractivity contribution >= 4 is 21.8 Å². The fraction of sp³-hybridized carbons (Fsp3) is 0.364. The topological polar surface area (TPSA) is 64.7 Å². The average molecular weight is 312 g/mol. The number of aryl methyl sites for hydroxylation is 2. The highest BCUT2D eigenvalue weighted by Crippen LogP contribution is 2.14. The van der Waals surface area contributed by atoms with Crippen LogP contribution >= 0.6 is 15.9 Å². The largest absolute Gasteiger partial charge is 0.343 e. The first-order chi connectivity index (χ1) is 8.61. The van der Waals surface area contributed by atoms with Gasteiger partial charge in [-0.15, -0.1) is 10.2 Å². The maximum atomic E-state index is 12.0. The van der Waals surface area contributed by atoms with E-state index in [1.807, 2.05) is 24.7 Å². The molecule has 2 heterocycles. The third-order valence-corrected chi connectivity index (χ3v) is 3.08. The highest BCUT2D eigenvalue weighted by Gasteiger charge is 2.12. The van der Waals surface area contributed by atoms with Crippen LogP contribution in [0, 0.1) is 0 Å². The first-order valence-corrected chi connectivity index (χ1v) is 6.38. The maximum absolute atomic E-state index is 12.0. The number of amides is 1. The molecule has 96 valence electrons. The maximum Gasteiger partial charge on any atom is 0.268 e. The Hall–Kier alpha value is -1.63. The summed E-state index contributed by atoms with van der Waals surface area (Å²) in [6.45, 7) is 3.10. The molecule has 0 aliphatic heterocycles. The minimum atomic E-state index is -0.120. The van der Waals surface area contributed by atoms with Crippen LogP contribution in [-0.4, -0.2) is 25.2 Å². The zero-order valence-electron chi connectivity index (χ0n) is 10.2. The molecule has 0 aliphatic rings. The van der Waals surface area contributed by atoms with Crippen molar-refractivity contribution < 1.29 is 4.79 Å². The van der Waals surface area contributed by atoms with Crippen LogP contribution in [0.25, 0.3) is 0 Å². The van der Waals surface area contributed by atoms with Gasteiger partial charge >= 0.3 is 0 Å². The molecule has 0 spiro atoms. The number of carbonyl (C=O) groups is 1. The second kappa shape index (κ2) is 5.34. The summed E-state index contributed by atoms with van der Waals surface area (Å²) in [6.07, 6.45) is 3.49. The van der Waals surface area contributed by atoms with Gasteiger partial charge in [-0.1, -0.05) is 0 Å². The van der Waals surface area contributed by atoms with E-state index in [1.54, 1.807) is 17.0 Å². The second-order valence-corrected chi connectivity index (χ2v) is 4.79. The van der Waals surface area contributed by atoms with Crippen molar-refractivity contribution in [2.75, 3.05) is 0 Å². The van der Waals surface area contributed by atoms with Crippen LogP contribution in [0.1, 0.15) is 23.2 Å². The van der Waals surface area contributed by atoms with E-state index in [2.05, 4.69) is 31.4 Å². The summed E-state index contributed by atoms with van der Waals surface area (Å²) in [5.41, 5.74) is 0.631. The molecule has 0 unspecified atom stereocenters. The van der Waals surface area contributed by atoms with Crippen molar-refractivity contribution in [1.29, 1.82) is 0 Å². The number of hydrogen-bond donors (Lipinski definition) is 1. The number of nitrogens with one attached hydrogen (secondary N) is 1. The Morgan fingerprint density at radius 3 is 2.94 bits per heavy atom. The van der Waals surface area contributed by atoms with Crippen LogP contribution in [-0.2, 0) is 20.1 Å². The van der Waals surface area contributed by atoms with Crippen LogP contribution in [0.5, 0.6) is 0 Å². The number of aromatic nitrogens is 4. The molecule has 2 aromatic rings. The average Bonchev–Trinajstić information content (AvgIpc) is 2.92. The van der Waals surface area contributed by atoms with E-state index in [0.29, 0.717) is 12.2 Å². The van der Waals surface area contributed by atoms with Crippen molar-refractivity contribution in [3.8, 4) is 0 Å². The fourth-order valence-corrected chi connectivity index (χ4v) is 2.11. The minimum Gasteiger partial charge on any atom is -0.343 e. The zero-order valence-corrected chi connectivity index (χ0v) is 11.8. The minimum absolute atomic E-state index is 0.120. The summed E-state index contributed by atoms with van der Waals surface area (Å²) < 4.78 is 4.55. The third kappa shape index (κ3) is 2.61.